The molecular formula is C16H24N2O3. The van der Waals surface area contributed by atoms with Gasteiger partial charge in [-0.15, -0.1) is 0 Å². The van der Waals surface area contributed by atoms with Crippen LogP contribution in [0.2, 0.25) is 0 Å². The molecule has 116 valence electrons. The third kappa shape index (κ3) is 4.19. The van der Waals surface area contributed by atoms with Gasteiger partial charge < -0.3 is 15.2 Å². The number of aliphatic hydroxyl groups excluding tert-OH is 1. The lowest BCUT2D eigenvalue weighted by Crippen LogP contribution is -2.26. The van der Waals surface area contributed by atoms with Gasteiger partial charge in [0.2, 0.25) is 0 Å². The van der Waals surface area contributed by atoms with Crippen molar-refractivity contribution < 1.29 is 14.6 Å². The van der Waals surface area contributed by atoms with Crippen LogP contribution < -0.4 is 10.2 Å². The Morgan fingerprint density at radius 3 is 2.90 bits per heavy atom. The van der Waals surface area contributed by atoms with E-state index in [1.165, 1.54) is 0 Å². The summed E-state index contributed by atoms with van der Waals surface area (Å²) >= 11 is 0. The van der Waals surface area contributed by atoms with Crippen LogP contribution in [0.4, 0.5) is 10.5 Å². The van der Waals surface area contributed by atoms with Crippen LogP contribution in [0.15, 0.2) is 24.3 Å². The minimum atomic E-state index is -0.274. The molecule has 1 aliphatic heterocycles. The molecule has 1 aliphatic rings. The van der Waals surface area contributed by atoms with Crippen molar-refractivity contribution in [2.75, 3.05) is 31.2 Å². The number of benzene rings is 1. The van der Waals surface area contributed by atoms with Crippen molar-refractivity contribution in [2.45, 2.75) is 26.3 Å². The molecule has 0 aliphatic carbocycles. The Bertz CT molecular complexity index is 478. The molecule has 2 unspecified atom stereocenters. The molecule has 0 saturated carbocycles. The number of cyclic esters (lactones) is 1. The molecule has 2 N–H and O–H groups in total. The van der Waals surface area contributed by atoms with Gasteiger partial charge in [0.1, 0.15) is 6.61 Å². The predicted molar refractivity (Wildman–Crippen MR) is 82.4 cm³/mol. The van der Waals surface area contributed by atoms with E-state index < -0.39 is 0 Å². The first-order chi connectivity index (χ1) is 10.1. The summed E-state index contributed by atoms with van der Waals surface area (Å²) in [6.45, 7) is 6.37. The fourth-order valence-electron chi connectivity index (χ4n) is 2.41. The van der Waals surface area contributed by atoms with E-state index in [1.54, 1.807) is 4.90 Å². The zero-order chi connectivity index (χ0) is 15.2. The number of hydrogen-bond acceptors (Lipinski definition) is 4. The topological polar surface area (TPSA) is 61.8 Å². The molecule has 0 spiro atoms. The van der Waals surface area contributed by atoms with Gasteiger partial charge in [0.25, 0.3) is 0 Å². The van der Waals surface area contributed by atoms with Gasteiger partial charge in [-0.2, -0.15) is 0 Å². The largest absolute Gasteiger partial charge is 0.447 e. The fraction of sp³-hybridized carbons (Fsp3) is 0.562. The van der Waals surface area contributed by atoms with Gasteiger partial charge in [-0.25, -0.2) is 4.79 Å². The quantitative estimate of drug-likeness (QED) is 0.809. The smallest absolute Gasteiger partial charge is 0.414 e. The van der Waals surface area contributed by atoms with Gasteiger partial charge in [0, 0.05) is 18.3 Å². The number of carbonyl (C=O) groups excluding carboxylic acids is 1. The van der Waals surface area contributed by atoms with Crippen LogP contribution in [-0.4, -0.2) is 37.5 Å². The van der Waals surface area contributed by atoms with Crippen molar-refractivity contribution in [3.8, 4) is 0 Å². The maximum atomic E-state index is 11.6. The van der Waals surface area contributed by atoms with Crippen molar-refractivity contribution in [3.63, 3.8) is 0 Å². The number of rotatable bonds is 7. The third-order valence-electron chi connectivity index (χ3n) is 3.84. The molecule has 1 saturated heterocycles. The van der Waals surface area contributed by atoms with Crippen molar-refractivity contribution >= 4 is 11.8 Å². The molecule has 2 atom stereocenters. The average molecular weight is 292 g/mol. The fourth-order valence-corrected chi connectivity index (χ4v) is 2.41. The van der Waals surface area contributed by atoms with Gasteiger partial charge in [0.05, 0.1) is 6.54 Å². The number of amides is 1. The predicted octanol–water partition coefficient (Wildman–Crippen LogP) is 2.31. The van der Waals surface area contributed by atoms with Crippen molar-refractivity contribution in [1.82, 2.24) is 5.32 Å². The first kappa shape index (κ1) is 15.8. The summed E-state index contributed by atoms with van der Waals surface area (Å²) < 4.78 is 4.97. The van der Waals surface area contributed by atoms with Crippen LogP contribution in [0.1, 0.15) is 31.9 Å². The SMILES string of the molecule is CC(CCO)CNC(C)c1cccc(N2CCOC2=O)c1. The van der Waals surface area contributed by atoms with E-state index in [4.69, 9.17) is 9.84 Å². The third-order valence-corrected chi connectivity index (χ3v) is 3.84. The van der Waals surface area contributed by atoms with E-state index in [1.807, 2.05) is 18.2 Å². The van der Waals surface area contributed by atoms with Crippen LogP contribution >= 0.6 is 0 Å². The summed E-state index contributed by atoms with van der Waals surface area (Å²) in [4.78, 5) is 13.3. The minimum absolute atomic E-state index is 0.199. The summed E-state index contributed by atoms with van der Waals surface area (Å²) in [5, 5.41) is 12.4. The van der Waals surface area contributed by atoms with Crippen molar-refractivity contribution in [3.05, 3.63) is 29.8 Å². The monoisotopic (exact) mass is 292 g/mol. The molecule has 1 aromatic carbocycles. The summed E-state index contributed by atoms with van der Waals surface area (Å²) in [6.07, 6.45) is 0.531. The normalized spacial score (nSPS) is 17.7. The van der Waals surface area contributed by atoms with E-state index in [9.17, 15) is 4.79 Å². The molecular weight excluding hydrogens is 268 g/mol. The van der Waals surface area contributed by atoms with Crippen LogP contribution in [0.25, 0.3) is 0 Å². The van der Waals surface area contributed by atoms with E-state index in [2.05, 4.69) is 25.2 Å². The van der Waals surface area contributed by atoms with E-state index in [-0.39, 0.29) is 18.7 Å². The summed E-state index contributed by atoms with van der Waals surface area (Å²) in [5.41, 5.74) is 2.02. The van der Waals surface area contributed by atoms with Gasteiger partial charge in [-0.05, 0) is 43.5 Å². The standard InChI is InChI=1S/C16H24N2O3/c1-12(6-8-19)11-17-13(2)14-4-3-5-15(10-14)18-7-9-21-16(18)20/h3-5,10,12-13,17,19H,6-9,11H2,1-2H3. The summed E-state index contributed by atoms with van der Waals surface area (Å²) in [6, 6.07) is 8.17. The molecule has 21 heavy (non-hydrogen) atoms. The van der Waals surface area contributed by atoms with Gasteiger partial charge >= 0.3 is 6.09 Å². The lowest BCUT2D eigenvalue weighted by molar-refractivity contribution is 0.181. The molecule has 2 rings (SSSR count). The first-order valence-corrected chi connectivity index (χ1v) is 7.50. The number of ether oxygens (including phenoxy) is 1. The Balaban J connectivity index is 1.98. The Hall–Kier alpha value is -1.59. The second-order valence-electron chi connectivity index (χ2n) is 5.61. The van der Waals surface area contributed by atoms with Crippen LogP contribution in [0.5, 0.6) is 0 Å². The maximum absolute atomic E-state index is 11.6. The second kappa shape index (κ2) is 7.43. The zero-order valence-electron chi connectivity index (χ0n) is 12.7. The first-order valence-electron chi connectivity index (χ1n) is 7.50. The lowest BCUT2D eigenvalue weighted by atomic mass is 10.0. The number of hydrogen-bond donors (Lipinski definition) is 2. The number of carbonyl (C=O) groups is 1. The molecule has 5 heteroatoms. The molecule has 1 fully saturated rings. The molecule has 5 nitrogen and oxygen atoms in total. The number of nitrogens with one attached hydrogen (secondary N) is 1. The number of aliphatic hydroxyl groups is 1. The molecule has 0 aromatic heterocycles. The lowest BCUT2D eigenvalue weighted by Gasteiger charge is -2.20. The van der Waals surface area contributed by atoms with Crippen LogP contribution in [-0.2, 0) is 4.74 Å². The van der Waals surface area contributed by atoms with Gasteiger partial charge in [0.15, 0.2) is 0 Å². The molecule has 1 amide bonds. The van der Waals surface area contributed by atoms with Gasteiger partial charge in [-0.1, -0.05) is 19.1 Å². The van der Waals surface area contributed by atoms with E-state index in [0.29, 0.717) is 19.1 Å². The molecule has 1 heterocycles. The highest BCUT2D eigenvalue weighted by molar-refractivity contribution is 5.89. The van der Waals surface area contributed by atoms with E-state index in [0.717, 1.165) is 24.2 Å². The molecule has 0 bridgehead atoms. The highest BCUT2D eigenvalue weighted by Gasteiger charge is 2.23. The highest BCUT2D eigenvalue weighted by atomic mass is 16.6. The Kier molecular flexibility index (Phi) is 5.59. The van der Waals surface area contributed by atoms with Crippen molar-refractivity contribution in [2.24, 2.45) is 5.92 Å². The minimum Gasteiger partial charge on any atom is -0.447 e. The molecule has 0 radical (unpaired) electrons. The van der Waals surface area contributed by atoms with E-state index >= 15 is 0 Å². The van der Waals surface area contributed by atoms with Crippen molar-refractivity contribution in [1.29, 1.82) is 0 Å². The zero-order valence-corrected chi connectivity index (χ0v) is 12.7. The van der Waals surface area contributed by atoms with Crippen LogP contribution in [0, 0.1) is 5.92 Å². The Morgan fingerprint density at radius 1 is 1.43 bits per heavy atom. The summed E-state index contributed by atoms with van der Waals surface area (Å²) in [5.74, 6) is 0.439. The molecule has 1 aromatic rings. The van der Waals surface area contributed by atoms with Crippen LogP contribution in [0.3, 0.4) is 0 Å². The highest BCUT2D eigenvalue weighted by Crippen LogP contribution is 2.23. The van der Waals surface area contributed by atoms with Gasteiger partial charge in [-0.3, -0.25) is 4.90 Å². The number of nitrogens with zero attached hydrogens (tertiary/aromatic N) is 1. The average Bonchev–Trinajstić information content (AvgIpc) is 2.91. The Morgan fingerprint density at radius 2 is 2.24 bits per heavy atom. The second-order valence-corrected chi connectivity index (χ2v) is 5.61. The number of anilines is 1. The Labute approximate surface area is 125 Å². The summed E-state index contributed by atoms with van der Waals surface area (Å²) in [7, 11) is 0. The maximum Gasteiger partial charge on any atom is 0.414 e.